The van der Waals surface area contributed by atoms with Crippen molar-refractivity contribution in [3.63, 3.8) is 0 Å². The maximum atomic E-state index is 12.4. The molecule has 2 atom stereocenters. The van der Waals surface area contributed by atoms with Crippen LogP contribution in [0.5, 0.6) is 0 Å². The maximum absolute atomic E-state index is 12.4. The van der Waals surface area contributed by atoms with Crippen molar-refractivity contribution in [1.29, 1.82) is 0 Å². The van der Waals surface area contributed by atoms with Crippen LogP contribution in [-0.2, 0) is 9.59 Å². The molecule has 0 aromatic carbocycles. The molecule has 1 aliphatic rings. The summed E-state index contributed by atoms with van der Waals surface area (Å²) in [5, 5.41) is 15.1. The van der Waals surface area contributed by atoms with Gasteiger partial charge in [0, 0.05) is 6.04 Å². The molecule has 0 spiro atoms. The van der Waals surface area contributed by atoms with E-state index in [-0.39, 0.29) is 17.4 Å². The van der Waals surface area contributed by atoms with Crippen molar-refractivity contribution < 1.29 is 14.7 Å². The summed E-state index contributed by atoms with van der Waals surface area (Å²) in [5.41, 5.74) is -0.322. The molecule has 3 N–H and O–H groups in total. The van der Waals surface area contributed by atoms with Gasteiger partial charge in [0.05, 0.1) is 11.3 Å². The lowest BCUT2D eigenvalue weighted by Gasteiger charge is -2.36. The van der Waals surface area contributed by atoms with Gasteiger partial charge in [-0.05, 0) is 46.2 Å². The zero-order chi connectivity index (χ0) is 13.8. The fraction of sp³-hybridized carbons (Fsp3) is 0.846. The standard InChI is InChI=1S/C13H24N2O3/c1-4-13(5-7-14-8-6-13)12(18)15-10(3)9(2)11(16)17/h9-10,14H,4-8H2,1-3H3,(H,15,18)(H,16,17). The number of carboxylic acids is 1. The molecule has 0 aliphatic carbocycles. The molecule has 1 aliphatic heterocycles. The number of amides is 1. The first-order valence-electron chi connectivity index (χ1n) is 6.67. The molecule has 0 aromatic rings. The molecule has 1 fully saturated rings. The molecule has 5 nitrogen and oxygen atoms in total. The van der Waals surface area contributed by atoms with Crippen LogP contribution in [0.15, 0.2) is 0 Å². The fourth-order valence-corrected chi connectivity index (χ4v) is 2.35. The number of piperidine rings is 1. The summed E-state index contributed by atoms with van der Waals surface area (Å²) in [4.78, 5) is 23.2. The first-order chi connectivity index (χ1) is 8.43. The Labute approximate surface area is 108 Å². The Bertz CT molecular complexity index is 311. The monoisotopic (exact) mass is 256 g/mol. The van der Waals surface area contributed by atoms with Gasteiger partial charge in [-0.25, -0.2) is 0 Å². The highest BCUT2D eigenvalue weighted by Gasteiger charge is 2.38. The topological polar surface area (TPSA) is 78.4 Å². The van der Waals surface area contributed by atoms with Gasteiger partial charge in [0.2, 0.25) is 5.91 Å². The normalized spacial score (nSPS) is 21.9. The summed E-state index contributed by atoms with van der Waals surface area (Å²) in [6, 6.07) is -0.340. The maximum Gasteiger partial charge on any atom is 0.308 e. The molecular formula is C13H24N2O3. The number of rotatable bonds is 5. The lowest BCUT2D eigenvalue weighted by molar-refractivity contribution is -0.142. The van der Waals surface area contributed by atoms with Crippen LogP contribution < -0.4 is 10.6 Å². The number of carbonyl (C=O) groups is 2. The average molecular weight is 256 g/mol. The number of carboxylic acid groups (broad SMARTS) is 1. The Balaban J connectivity index is 2.65. The van der Waals surface area contributed by atoms with Gasteiger partial charge in [0.15, 0.2) is 0 Å². The number of carbonyl (C=O) groups excluding carboxylic acids is 1. The first-order valence-corrected chi connectivity index (χ1v) is 6.67. The van der Waals surface area contributed by atoms with Gasteiger partial charge in [0.1, 0.15) is 0 Å². The Kier molecular flexibility index (Phi) is 5.14. The molecule has 1 rings (SSSR count). The van der Waals surface area contributed by atoms with Gasteiger partial charge in [-0.3, -0.25) is 9.59 Å². The molecule has 0 radical (unpaired) electrons. The van der Waals surface area contributed by atoms with E-state index < -0.39 is 11.9 Å². The highest BCUT2D eigenvalue weighted by atomic mass is 16.4. The SMILES string of the molecule is CCC1(C(=O)NC(C)C(C)C(=O)O)CCNCC1. The van der Waals surface area contributed by atoms with Gasteiger partial charge < -0.3 is 15.7 Å². The average Bonchev–Trinajstić information content (AvgIpc) is 2.38. The Hall–Kier alpha value is -1.10. The van der Waals surface area contributed by atoms with Crippen molar-refractivity contribution in [2.24, 2.45) is 11.3 Å². The summed E-state index contributed by atoms with van der Waals surface area (Å²) in [6.07, 6.45) is 2.45. The summed E-state index contributed by atoms with van der Waals surface area (Å²) < 4.78 is 0. The predicted octanol–water partition coefficient (Wildman–Crippen LogP) is 0.992. The Morgan fingerprint density at radius 1 is 1.33 bits per heavy atom. The van der Waals surface area contributed by atoms with Gasteiger partial charge in [-0.1, -0.05) is 6.92 Å². The third-order valence-corrected chi connectivity index (χ3v) is 4.22. The van der Waals surface area contributed by atoms with Crippen LogP contribution in [0.1, 0.15) is 40.0 Å². The van der Waals surface area contributed by atoms with E-state index in [2.05, 4.69) is 10.6 Å². The minimum atomic E-state index is -0.876. The van der Waals surface area contributed by atoms with Crippen LogP contribution in [-0.4, -0.2) is 36.1 Å². The molecule has 0 bridgehead atoms. The van der Waals surface area contributed by atoms with Crippen LogP contribution >= 0.6 is 0 Å². The van der Waals surface area contributed by atoms with E-state index in [9.17, 15) is 9.59 Å². The summed E-state index contributed by atoms with van der Waals surface area (Å²) >= 11 is 0. The highest BCUT2D eigenvalue weighted by Crippen LogP contribution is 2.32. The second-order valence-electron chi connectivity index (χ2n) is 5.27. The van der Waals surface area contributed by atoms with E-state index in [0.717, 1.165) is 32.4 Å². The first kappa shape index (κ1) is 15.0. The molecule has 0 saturated carbocycles. The lowest BCUT2D eigenvalue weighted by Crippen LogP contribution is -2.51. The zero-order valence-corrected chi connectivity index (χ0v) is 11.5. The highest BCUT2D eigenvalue weighted by molar-refractivity contribution is 5.83. The predicted molar refractivity (Wildman–Crippen MR) is 69.2 cm³/mol. The molecule has 5 heteroatoms. The molecule has 2 unspecified atom stereocenters. The second-order valence-corrected chi connectivity index (χ2v) is 5.27. The number of hydrogen-bond acceptors (Lipinski definition) is 3. The van der Waals surface area contributed by atoms with Crippen LogP contribution in [0.4, 0.5) is 0 Å². The van der Waals surface area contributed by atoms with Crippen LogP contribution in [0, 0.1) is 11.3 Å². The van der Waals surface area contributed by atoms with Crippen molar-refractivity contribution in [3.05, 3.63) is 0 Å². The minimum absolute atomic E-state index is 0.00657. The second kappa shape index (κ2) is 6.18. The third kappa shape index (κ3) is 3.22. The molecule has 104 valence electrons. The minimum Gasteiger partial charge on any atom is -0.481 e. The van der Waals surface area contributed by atoms with Crippen LogP contribution in [0.25, 0.3) is 0 Å². The van der Waals surface area contributed by atoms with Gasteiger partial charge in [-0.2, -0.15) is 0 Å². The van der Waals surface area contributed by atoms with Gasteiger partial charge >= 0.3 is 5.97 Å². The van der Waals surface area contributed by atoms with E-state index in [1.165, 1.54) is 0 Å². The van der Waals surface area contributed by atoms with Crippen molar-refractivity contribution in [1.82, 2.24) is 10.6 Å². The van der Waals surface area contributed by atoms with E-state index >= 15 is 0 Å². The largest absolute Gasteiger partial charge is 0.481 e. The molecule has 1 saturated heterocycles. The van der Waals surface area contributed by atoms with Crippen LogP contribution in [0.2, 0.25) is 0 Å². The molecule has 18 heavy (non-hydrogen) atoms. The molecule has 0 aromatic heterocycles. The summed E-state index contributed by atoms with van der Waals surface area (Å²) in [7, 11) is 0. The number of nitrogens with one attached hydrogen (secondary N) is 2. The van der Waals surface area contributed by atoms with Gasteiger partial charge in [0.25, 0.3) is 0 Å². The van der Waals surface area contributed by atoms with Gasteiger partial charge in [-0.15, -0.1) is 0 Å². The molecule has 1 amide bonds. The van der Waals surface area contributed by atoms with E-state index in [1.54, 1.807) is 13.8 Å². The third-order valence-electron chi connectivity index (χ3n) is 4.22. The van der Waals surface area contributed by atoms with Crippen molar-refractivity contribution in [3.8, 4) is 0 Å². The summed E-state index contributed by atoms with van der Waals surface area (Å²) in [5.74, 6) is -1.43. The Morgan fingerprint density at radius 3 is 2.33 bits per heavy atom. The lowest BCUT2D eigenvalue weighted by atomic mass is 9.75. The van der Waals surface area contributed by atoms with Crippen LogP contribution in [0.3, 0.4) is 0 Å². The number of aliphatic carboxylic acids is 1. The van der Waals surface area contributed by atoms with E-state index in [1.807, 2.05) is 6.92 Å². The molecular weight excluding hydrogens is 232 g/mol. The Morgan fingerprint density at radius 2 is 1.89 bits per heavy atom. The van der Waals surface area contributed by atoms with E-state index in [4.69, 9.17) is 5.11 Å². The van der Waals surface area contributed by atoms with Crippen molar-refractivity contribution in [2.45, 2.75) is 46.1 Å². The smallest absolute Gasteiger partial charge is 0.308 e. The van der Waals surface area contributed by atoms with E-state index in [0.29, 0.717) is 0 Å². The zero-order valence-electron chi connectivity index (χ0n) is 11.5. The number of hydrogen-bond donors (Lipinski definition) is 3. The quantitative estimate of drug-likeness (QED) is 0.685. The molecule has 1 heterocycles. The fourth-order valence-electron chi connectivity index (χ4n) is 2.35. The van der Waals surface area contributed by atoms with Crippen molar-refractivity contribution >= 4 is 11.9 Å². The summed E-state index contributed by atoms with van der Waals surface area (Å²) in [6.45, 7) is 7.10. The van der Waals surface area contributed by atoms with Crippen molar-refractivity contribution in [2.75, 3.05) is 13.1 Å².